The second-order valence-corrected chi connectivity index (χ2v) is 4.14. The average molecular weight is 154 g/mol. The van der Waals surface area contributed by atoms with Crippen LogP contribution in [0.2, 0.25) is 0 Å². The molecule has 0 spiro atoms. The molecule has 11 heavy (non-hydrogen) atoms. The summed E-state index contributed by atoms with van der Waals surface area (Å²) in [6.45, 7) is 8.98. The molecule has 0 aromatic heterocycles. The van der Waals surface area contributed by atoms with E-state index in [-0.39, 0.29) is 5.54 Å². The lowest BCUT2D eigenvalue weighted by Crippen LogP contribution is -2.43. The van der Waals surface area contributed by atoms with Gasteiger partial charge in [0.2, 0.25) is 0 Å². The van der Waals surface area contributed by atoms with Crippen molar-refractivity contribution in [3.05, 3.63) is 12.4 Å². The fourth-order valence-electron chi connectivity index (χ4n) is 1.17. The molecule has 1 aliphatic heterocycles. The molecular weight excluding hydrogens is 136 g/mol. The summed E-state index contributed by atoms with van der Waals surface area (Å²) >= 11 is 0. The lowest BCUT2D eigenvalue weighted by Gasteiger charge is -2.38. The van der Waals surface area contributed by atoms with Gasteiger partial charge >= 0.3 is 0 Å². The van der Waals surface area contributed by atoms with Gasteiger partial charge < -0.3 is 9.80 Å². The van der Waals surface area contributed by atoms with Gasteiger partial charge in [0.05, 0.1) is 0 Å². The first-order valence-electron chi connectivity index (χ1n) is 4.15. The van der Waals surface area contributed by atoms with Crippen molar-refractivity contribution in [3.8, 4) is 0 Å². The maximum atomic E-state index is 2.37. The molecule has 0 aliphatic carbocycles. The number of hydrogen-bond donors (Lipinski definition) is 0. The quantitative estimate of drug-likeness (QED) is 0.522. The summed E-state index contributed by atoms with van der Waals surface area (Å²) in [6, 6.07) is 0. The number of likely N-dealkylation sites (N-methyl/N-ethyl adjacent to an activating group) is 1. The Balaban J connectivity index is 2.57. The zero-order chi connectivity index (χ0) is 8.48. The van der Waals surface area contributed by atoms with E-state index < -0.39 is 0 Å². The van der Waals surface area contributed by atoms with Gasteiger partial charge in [0.25, 0.3) is 0 Å². The van der Waals surface area contributed by atoms with Gasteiger partial charge in [-0.15, -0.1) is 0 Å². The molecule has 2 heteroatoms. The van der Waals surface area contributed by atoms with E-state index in [2.05, 4.69) is 50.0 Å². The minimum Gasteiger partial charge on any atom is -0.377 e. The molecule has 0 atom stereocenters. The van der Waals surface area contributed by atoms with Gasteiger partial charge in [0.15, 0.2) is 0 Å². The zero-order valence-electron chi connectivity index (χ0n) is 7.96. The van der Waals surface area contributed by atoms with E-state index >= 15 is 0 Å². The van der Waals surface area contributed by atoms with Crippen LogP contribution < -0.4 is 0 Å². The van der Waals surface area contributed by atoms with Gasteiger partial charge in [0, 0.05) is 38.1 Å². The number of hydrogen-bond acceptors (Lipinski definition) is 2. The van der Waals surface area contributed by atoms with Crippen LogP contribution in [0.3, 0.4) is 0 Å². The van der Waals surface area contributed by atoms with E-state index in [0.717, 1.165) is 13.1 Å². The van der Waals surface area contributed by atoms with E-state index in [1.54, 1.807) is 0 Å². The highest BCUT2D eigenvalue weighted by atomic mass is 15.2. The topological polar surface area (TPSA) is 6.48 Å². The minimum absolute atomic E-state index is 0.276. The highest BCUT2D eigenvalue weighted by Crippen LogP contribution is 2.15. The van der Waals surface area contributed by atoms with Crippen LogP contribution in [0.4, 0.5) is 0 Å². The first kappa shape index (κ1) is 8.44. The van der Waals surface area contributed by atoms with Crippen LogP contribution in [0.25, 0.3) is 0 Å². The normalized spacial score (nSPS) is 19.3. The fraction of sp³-hybridized carbons (Fsp3) is 0.778. The molecule has 0 saturated carbocycles. The van der Waals surface area contributed by atoms with E-state index in [1.807, 2.05) is 0 Å². The molecule has 0 N–H and O–H groups in total. The van der Waals surface area contributed by atoms with Crippen LogP contribution in [-0.4, -0.2) is 35.5 Å². The van der Waals surface area contributed by atoms with Crippen LogP contribution >= 0.6 is 0 Å². The van der Waals surface area contributed by atoms with Crippen molar-refractivity contribution in [3.63, 3.8) is 0 Å². The Morgan fingerprint density at radius 3 is 2.09 bits per heavy atom. The van der Waals surface area contributed by atoms with Crippen molar-refractivity contribution in [2.24, 2.45) is 0 Å². The molecular formula is C9H18N2. The van der Waals surface area contributed by atoms with Crippen molar-refractivity contribution in [2.75, 3.05) is 20.1 Å². The Labute approximate surface area is 69.5 Å². The number of nitrogens with zero attached hydrogens (tertiary/aromatic N) is 2. The number of rotatable bonds is 0. The monoisotopic (exact) mass is 154 g/mol. The van der Waals surface area contributed by atoms with Crippen molar-refractivity contribution in [2.45, 2.75) is 26.3 Å². The van der Waals surface area contributed by atoms with Crippen LogP contribution in [0, 0.1) is 0 Å². The van der Waals surface area contributed by atoms with Crippen molar-refractivity contribution >= 4 is 0 Å². The Morgan fingerprint density at radius 2 is 1.73 bits per heavy atom. The highest BCUT2D eigenvalue weighted by molar-refractivity contribution is 4.93. The maximum absolute atomic E-state index is 2.37. The summed E-state index contributed by atoms with van der Waals surface area (Å²) in [7, 11) is 2.11. The lowest BCUT2D eigenvalue weighted by atomic mass is 10.1. The van der Waals surface area contributed by atoms with Gasteiger partial charge in [-0.2, -0.15) is 0 Å². The van der Waals surface area contributed by atoms with Crippen molar-refractivity contribution in [1.82, 2.24) is 9.80 Å². The van der Waals surface area contributed by atoms with Gasteiger partial charge in [0.1, 0.15) is 0 Å². The molecule has 0 amide bonds. The highest BCUT2D eigenvalue weighted by Gasteiger charge is 2.19. The van der Waals surface area contributed by atoms with Gasteiger partial charge in [-0.3, -0.25) is 0 Å². The predicted molar refractivity (Wildman–Crippen MR) is 48.2 cm³/mol. The molecule has 64 valence electrons. The Hall–Kier alpha value is -0.660. The molecule has 0 bridgehead atoms. The third kappa shape index (κ3) is 2.14. The summed E-state index contributed by atoms with van der Waals surface area (Å²) in [4.78, 5) is 4.58. The smallest absolute Gasteiger partial charge is 0.0354 e. The maximum Gasteiger partial charge on any atom is 0.0354 e. The zero-order valence-corrected chi connectivity index (χ0v) is 7.96. The van der Waals surface area contributed by atoms with E-state index in [4.69, 9.17) is 0 Å². The first-order valence-corrected chi connectivity index (χ1v) is 4.15. The summed E-state index contributed by atoms with van der Waals surface area (Å²) < 4.78 is 0. The predicted octanol–water partition coefficient (Wildman–Crippen LogP) is 1.50. The minimum atomic E-state index is 0.276. The average Bonchev–Trinajstić information content (AvgIpc) is 1.86. The molecule has 2 nitrogen and oxygen atoms in total. The van der Waals surface area contributed by atoms with Crippen molar-refractivity contribution in [1.29, 1.82) is 0 Å². The second kappa shape index (κ2) is 2.76. The second-order valence-electron chi connectivity index (χ2n) is 4.14. The summed E-state index contributed by atoms with van der Waals surface area (Å²) in [5, 5.41) is 0. The van der Waals surface area contributed by atoms with E-state index in [9.17, 15) is 0 Å². The molecule has 0 unspecified atom stereocenters. The summed E-state index contributed by atoms with van der Waals surface area (Å²) in [5.74, 6) is 0. The third-order valence-corrected chi connectivity index (χ3v) is 2.06. The van der Waals surface area contributed by atoms with Gasteiger partial charge in [-0.25, -0.2) is 0 Å². The molecule has 0 radical (unpaired) electrons. The molecule has 1 heterocycles. The molecule has 0 saturated heterocycles. The third-order valence-electron chi connectivity index (χ3n) is 2.06. The van der Waals surface area contributed by atoms with E-state index in [1.165, 1.54) is 0 Å². The van der Waals surface area contributed by atoms with Gasteiger partial charge in [-0.05, 0) is 20.8 Å². The van der Waals surface area contributed by atoms with Crippen LogP contribution in [0.15, 0.2) is 12.4 Å². The molecule has 0 fully saturated rings. The molecule has 0 aromatic rings. The molecule has 0 aromatic carbocycles. The summed E-state index contributed by atoms with van der Waals surface area (Å²) in [5.41, 5.74) is 0.276. The Kier molecular flexibility index (Phi) is 2.12. The largest absolute Gasteiger partial charge is 0.377 e. The molecule has 1 aliphatic rings. The molecule has 1 rings (SSSR count). The van der Waals surface area contributed by atoms with E-state index in [0.29, 0.717) is 0 Å². The lowest BCUT2D eigenvalue weighted by molar-refractivity contribution is 0.172. The fourth-order valence-corrected chi connectivity index (χ4v) is 1.17. The Bertz CT molecular complexity index is 155. The summed E-state index contributed by atoms with van der Waals surface area (Å²) in [6.07, 6.45) is 4.30. The van der Waals surface area contributed by atoms with Crippen LogP contribution in [-0.2, 0) is 0 Å². The van der Waals surface area contributed by atoms with Crippen LogP contribution in [0.1, 0.15) is 20.8 Å². The standard InChI is InChI=1S/C9H18N2/c1-9(2,3)11-7-5-10(4)6-8-11/h5,7H,6,8H2,1-4H3. The Morgan fingerprint density at radius 1 is 1.09 bits per heavy atom. The van der Waals surface area contributed by atoms with Gasteiger partial charge in [-0.1, -0.05) is 0 Å². The van der Waals surface area contributed by atoms with Crippen LogP contribution in [0.5, 0.6) is 0 Å². The SMILES string of the molecule is CN1C=CN(C(C)(C)C)CC1. The first-order chi connectivity index (χ1) is 5.00. The van der Waals surface area contributed by atoms with Crippen molar-refractivity contribution < 1.29 is 0 Å².